The van der Waals surface area contributed by atoms with Crippen LogP contribution in [-0.2, 0) is 4.79 Å². The van der Waals surface area contributed by atoms with Gasteiger partial charge in [-0.15, -0.1) is 0 Å². The molecule has 0 saturated carbocycles. The van der Waals surface area contributed by atoms with E-state index in [9.17, 15) is 9.18 Å². The third-order valence-electron chi connectivity index (χ3n) is 2.07. The Bertz CT molecular complexity index is 354. The molecule has 0 N–H and O–H groups in total. The maximum absolute atomic E-state index is 13.4. The topological polar surface area (TPSA) is 20.3 Å². The molecule has 4 heteroatoms. The van der Waals surface area contributed by atoms with Gasteiger partial charge in [0.25, 0.3) is 0 Å². The van der Waals surface area contributed by atoms with Gasteiger partial charge in [0, 0.05) is 6.54 Å². The summed E-state index contributed by atoms with van der Waals surface area (Å²) in [4.78, 5) is 12.9. The molecule has 1 aromatic carbocycles. The van der Waals surface area contributed by atoms with Crippen LogP contribution in [0, 0.1) is 5.82 Å². The Morgan fingerprint density at radius 3 is 2.60 bits per heavy atom. The van der Waals surface area contributed by atoms with Gasteiger partial charge in [-0.2, -0.15) is 0 Å². The SMILES string of the molecule is CCN(C(=O)C(C)Br)c1ccccc1F. The maximum Gasteiger partial charge on any atom is 0.240 e. The minimum atomic E-state index is -0.374. The summed E-state index contributed by atoms with van der Waals surface area (Å²) >= 11 is 3.19. The van der Waals surface area contributed by atoms with E-state index >= 15 is 0 Å². The largest absolute Gasteiger partial charge is 0.309 e. The van der Waals surface area contributed by atoms with Crippen LogP contribution in [0.1, 0.15) is 13.8 Å². The summed E-state index contributed by atoms with van der Waals surface area (Å²) in [6, 6.07) is 6.28. The zero-order valence-corrected chi connectivity index (χ0v) is 10.3. The molecule has 2 nitrogen and oxygen atoms in total. The summed E-state index contributed by atoms with van der Waals surface area (Å²) in [5.74, 6) is -0.511. The molecule has 0 aliphatic heterocycles. The van der Waals surface area contributed by atoms with Crippen molar-refractivity contribution in [2.75, 3.05) is 11.4 Å². The van der Waals surface area contributed by atoms with Gasteiger partial charge in [0.2, 0.25) is 5.91 Å². The summed E-state index contributed by atoms with van der Waals surface area (Å²) in [5, 5.41) is 0. The van der Waals surface area contributed by atoms with Gasteiger partial charge in [-0.05, 0) is 26.0 Å². The highest BCUT2D eigenvalue weighted by molar-refractivity contribution is 9.10. The van der Waals surface area contributed by atoms with Crippen LogP contribution < -0.4 is 4.90 Å². The van der Waals surface area contributed by atoms with Crippen molar-refractivity contribution < 1.29 is 9.18 Å². The van der Waals surface area contributed by atoms with Crippen molar-refractivity contribution in [3.05, 3.63) is 30.1 Å². The van der Waals surface area contributed by atoms with Crippen LogP contribution in [0.3, 0.4) is 0 Å². The smallest absolute Gasteiger partial charge is 0.240 e. The molecule has 1 amide bonds. The highest BCUT2D eigenvalue weighted by atomic mass is 79.9. The molecule has 0 radical (unpaired) electrons. The Labute approximate surface area is 97.2 Å². The highest BCUT2D eigenvalue weighted by Crippen LogP contribution is 2.20. The van der Waals surface area contributed by atoms with Gasteiger partial charge in [-0.1, -0.05) is 28.1 Å². The van der Waals surface area contributed by atoms with Gasteiger partial charge < -0.3 is 4.90 Å². The van der Waals surface area contributed by atoms with E-state index in [-0.39, 0.29) is 16.6 Å². The molecule has 0 bridgehead atoms. The molecule has 0 heterocycles. The molecule has 1 aromatic rings. The molecule has 0 saturated heterocycles. The lowest BCUT2D eigenvalue weighted by molar-refractivity contribution is -0.117. The van der Waals surface area contributed by atoms with Gasteiger partial charge in [0.15, 0.2) is 0 Å². The van der Waals surface area contributed by atoms with Gasteiger partial charge in [-0.3, -0.25) is 4.79 Å². The normalized spacial score (nSPS) is 12.3. The molecular formula is C11H13BrFNO. The van der Waals surface area contributed by atoms with Crippen LogP contribution in [-0.4, -0.2) is 17.3 Å². The molecule has 0 aliphatic rings. The first kappa shape index (κ1) is 12.2. The van der Waals surface area contributed by atoms with E-state index in [1.54, 1.807) is 25.1 Å². The number of carbonyl (C=O) groups is 1. The van der Waals surface area contributed by atoms with Crippen LogP contribution in [0.4, 0.5) is 10.1 Å². The number of benzene rings is 1. The first-order valence-corrected chi connectivity index (χ1v) is 5.69. The third kappa shape index (κ3) is 2.78. The number of carbonyl (C=O) groups excluding carboxylic acids is 1. The van der Waals surface area contributed by atoms with E-state index in [1.165, 1.54) is 11.0 Å². The molecule has 1 rings (SSSR count). The molecule has 0 fully saturated rings. The Morgan fingerprint density at radius 1 is 1.53 bits per heavy atom. The van der Waals surface area contributed by atoms with E-state index in [0.29, 0.717) is 12.2 Å². The monoisotopic (exact) mass is 273 g/mol. The van der Waals surface area contributed by atoms with E-state index in [0.717, 1.165) is 0 Å². The zero-order chi connectivity index (χ0) is 11.4. The molecule has 0 aliphatic carbocycles. The number of hydrogen-bond donors (Lipinski definition) is 0. The standard InChI is InChI=1S/C11H13BrFNO/c1-3-14(11(15)8(2)12)10-7-5-4-6-9(10)13/h4-8H,3H2,1-2H3. The molecule has 1 atom stereocenters. The Balaban J connectivity index is 3.03. The van der Waals surface area contributed by atoms with Crippen molar-refractivity contribution in [3.63, 3.8) is 0 Å². The first-order valence-electron chi connectivity index (χ1n) is 4.78. The summed E-state index contributed by atoms with van der Waals surface area (Å²) in [5.41, 5.74) is 0.330. The van der Waals surface area contributed by atoms with Gasteiger partial charge in [0.1, 0.15) is 5.82 Å². The number of rotatable bonds is 3. The second kappa shape index (κ2) is 5.26. The molecule has 0 aromatic heterocycles. The average Bonchev–Trinajstić information content (AvgIpc) is 2.21. The molecule has 1 unspecified atom stereocenters. The van der Waals surface area contributed by atoms with Crippen LogP contribution in [0.5, 0.6) is 0 Å². The van der Waals surface area contributed by atoms with Gasteiger partial charge >= 0.3 is 0 Å². The highest BCUT2D eigenvalue weighted by Gasteiger charge is 2.20. The average molecular weight is 274 g/mol. The quantitative estimate of drug-likeness (QED) is 0.776. The fraction of sp³-hybridized carbons (Fsp3) is 0.364. The number of anilines is 1. The van der Waals surface area contributed by atoms with Crippen LogP contribution >= 0.6 is 15.9 Å². The summed E-state index contributed by atoms with van der Waals surface area (Å²) in [6.07, 6.45) is 0. The Kier molecular flexibility index (Phi) is 4.27. The molecule has 82 valence electrons. The number of para-hydroxylation sites is 1. The predicted octanol–water partition coefficient (Wildman–Crippen LogP) is 2.96. The number of halogens is 2. The maximum atomic E-state index is 13.4. The van der Waals surface area contributed by atoms with Crippen molar-refractivity contribution in [1.82, 2.24) is 0 Å². The summed E-state index contributed by atoms with van der Waals surface area (Å²) < 4.78 is 13.4. The minimum Gasteiger partial charge on any atom is -0.309 e. The zero-order valence-electron chi connectivity index (χ0n) is 8.71. The molecule has 15 heavy (non-hydrogen) atoms. The Morgan fingerprint density at radius 2 is 2.13 bits per heavy atom. The lowest BCUT2D eigenvalue weighted by atomic mass is 10.2. The van der Waals surface area contributed by atoms with Crippen molar-refractivity contribution in [3.8, 4) is 0 Å². The lowest BCUT2D eigenvalue weighted by Gasteiger charge is -2.22. The number of alkyl halides is 1. The van der Waals surface area contributed by atoms with E-state index in [1.807, 2.05) is 6.92 Å². The van der Waals surface area contributed by atoms with E-state index in [4.69, 9.17) is 0 Å². The fourth-order valence-corrected chi connectivity index (χ4v) is 1.58. The van der Waals surface area contributed by atoms with E-state index < -0.39 is 0 Å². The fourth-order valence-electron chi connectivity index (χ4n) is 1.33. The van der Waals surface area contributed by atoms with Crippen LogP contribution in [0.15, 0.2) is 24.3 Å². The van der Waals surface area contributed by atoms with Crippen molar-refractivity contribution in [1.29, 1.82) is 0 Å². The summed E-state index contributed by atoms with van der Waals surface area (Å²) in [7, 11) is 0. The van der Waals surface area contributed by atoms with Gasteiger partial charge in [0.05, 0.1) is 10.5 Å². The lowest BCUT2D eigenvalue weighted by Crippen LogP contribution is -2.35. The van der Waals surface area contributed by atoms with Crippen molar-refractivity contribution in [2.24, 2.45) is 0 Å². The predicted molar refractivity (Wildman–Crippen MR) is 62.8 cm³/mol. The van der Waals surface area contributed by atoms with E-state index in [2.05, 4.69) is 15.9 Å². The van der Waals surface area contributed by atoms with Gasteiger partial charge in [-0.25, -0.2) is 4.39 Å². The second-order valence-electron chi connectivity index (χ2n) is 3.15. The van der Waals surface area contributed by atoms with Crippen LogP contribution in [0.2, 0.25) is 0 Å². The minimum absolute atomic E-state index is 0.136. The first-order chi connectivity index (χ1) is 7.07. The summed E-state index contributed by atoms with van der Waals surface area (Å²) in [6.45, 7) is 4.00. The second-order valence-corrected chi connectivity index (χ2v) is 4.52. The van der Waals surface area contributed by atoms with Crippen LogP contribution in [0.25, 0.3) is 0 Å². The third-order valence-corrected chi connectivity index (χ3v) is 2.46. The Hall–Kier alpha value is -0.900. The number of amides is 1. The van der Waals surface area contributed by atoms with Crippen molar-refractivity contribution >= 4 is 27.5 Å². The van der Waals surface area contributed by atoms with Crippen molar-refractivity contribution in [2.45, 2.75) is 18.7 Å². The number of nitrogens with zero attached hydrogens (tertiary/aromatic N) is 1. The molecule has 0 spiro atoms. The molecular weight excluding hydrogens is 261 g/mol. The number of hydrogen-bond acceptors (Lipinski definition) is 1.